The average Bonchev–Trinajstić information content (AvgIpc) is 3.29. The number of fused-ring (bicyclic) bond motifs is 2. The van der Waals surface area contributed by atoms with Crippen LogP contribution in [0.3, 0.4) is 0 Å². The van der Waals surface area contributed by atoms with E-state index in [1.54, 1.807) is 6.07 Å². The Hall–Kier alpha value is -2.54. The predicted molar refractivity (Wildman–Crippen MR) is 135 cm³/mol. The maximum absolute atomic E-state index is 11.5. The second-order valence-corrected chi connectivity index (χ2v) is 9.54. The van der Waals surface area contributed by atoms with Crippen molar-refractivity contribution in [2.45, 2.75) is 12.8 Å². The number of ether oxygens (including phenoxy) is 1. The number of halogens is 1. The van der Waals surface area contributed by atoms with Gasteiger partial charge < -0.3 is 14.6 Å². The van der Waals surface area contributed by atoms with Gasteiger partial charge in [0.05, 0.1) is 17.1 Å². The second kappa shape index (κ2) is 9.53. The highest BCUT2D eigenvalue weighted by molar-refractivity contribution is 7.17. The van der Waals surface area contributed by atoms with Gasteiger partial charge in [0, 0.05) is 54.1 Å². The van der Waals surface area contributed by atoms with Crippen LogP contribution >= 0.6 is 22.9 Å². The third kappa shape index (κ3) is 4.63. The third-order valence-corrected chi connectivity index (χ3v) is 7.27. The number of nitrogens with one attached hydrogen (secondary N) is 1. The Morgan fingerprint density at radius 3 is 2.78 bits per heavy atom. The summed E-state index contributed by atoms with van der Waals surface area (Å²) in [5, 5.41) is 5.02. The molecule has 1 aliphatic rings. The van der Waals surface area contributed by atoms with Crippen LogP contribution in [0, 0.1) is 0 Å². The quantitative estimate of drug-likeness (QED) is 0.371. The standard InChI is InChI=1S/C25H26ClN3O2S/c26-20-16-18-6-7-25(30)27-21(18)17-23(20)31-14-2-1-9-28-10-12-29(13-11-28)22-4-3-5-24-19(22)8-15-32-24/h3-8,15-17H,1-2,9-14H2,(H,27,30). The molecule has 4 aromatic rings. The van der Waals surface area contributed by atoms with Crippen LogP contribution in [0.25, 0.3) is 21.0 Å². The van der Waals surface area contributed by atoms with E-state index in [9.17, 15) is 4.79 Å². The summed E-state index contributed by atoms with van der Waals surface area (Å²) in [6, 6.07) is 15.8. The molecule has 0 unspecified atom stereocenters. The van der Waals surface area contributed by atoms with E-state index in [-0.39, 0.29) is 5.56 Å². The zero-order valence-electron chi connectivity index (χ0n) is 17.9. The topological polar surface area (TPSA) is 48.6 Å². The summed E-state index contributed by atoms with van der Waals surface area (Å²) in [7, 11) is 0. The molecule has 0 bridgehead atoms. The molecule has 166 valence electrons. The van der Waals surface area contributed by atoms with Gasteiger partial charge in [0.15, 0.2) is 0 Å². The summed E-state index contributed by atoms with van der Waals surface area (Å²) in [6.45, 7) is 6.00. The largest absolute Gasteiger partial charge is 0.492 e. The van der Waals surface area contributed by atoms with Gasteiger partial charge in [0.25, 0.3) is 0 Å². The molecule has 0 atom stereocenters. The molecular weight excluding hydrogens is 442 g/mol. The molecule has 5 rings (SSSR count). The molecule has 2 aromatic carbocycles. The number of aromatic nitrogens is 1. The first-order chi connectivity index (χ1) is 15.7. The number of anilines is 1. The van der Waals surface area contributed by atoms with Crippen LogP contribution in [0.1, 0.15) is 12.8 Å². The van der Waals surface area contributed by atoms with E-state index in [0.29, 0.717) is 17.4 Å². The lowest BCUT2D eigenvalue weighted by Gasteiger charge is -2.36. The maximum atomic E-state index is 11.5. The number of aromatic amines is 1. The number of hydrogen-bond acceptors (Lipinski definition) is 5. The van der Waals surface area contributed by atoms with Crippen LogP contribution in [0.15, 0.2) is 58.7 Å². The third-order valence-electron chi connectivity index (χ3n) is 6.09. The average molecular weight is 468 g/mol. The molecule has 0 saturated carbocycles. The molecule has 1 N–H and O–H groups in total. The van der Waals surface area contributed by atoms with Crippen LogP contribution in [-0.2, 0) is 0 Å². The Balaban J connectivity index is 1.07. The fourth-order valence-electron chi connectivity index (χ4n) is 4.35. The maximum Gasteiger partial charge on any atom is 0.248 e. The molecule has 1 saturated heterocycles. The van der Waals surface area contributed by atoms with Crippen LogP contribution in [0.2, 0.25) is 5.02 Å². The van der Waals surface area contributed by atoms with Gasteiger partial charge in [0.2, 0.25) is 5.56 Å². The Bertz CT molecular complexity index is 1280. The van der Waals surface area contributed by atoms with E-state index >= 15 is 0 Å². The predicted octanol–water partition coefficient (Wildman–Crippen LogP) is 5.38. The molecule has 2 aromatic heterocycles. The molecule has 7 heteroatoms. The van der Waals surface area contributed by atoms with Gasteiger partial charge in [-0.3, -0.25) is 9.69 Å². The van der Waals surface area contributed by atoms with Crippen molar-refractivity contribution in [2.24, 2.45) is 0 Å². The molecule has 0 amide bonds. The summed E-state index contributed by atoms with van der Waals surface area (Å²) in [5.74, 6) is 0.622. The van der Waals surface area contributed by atoms with Gasteiger partial charge in [-0.15, -0.1) is 11.3 Å². The lowest BCUT2D eigenvalue weighted by molar-refractivity contribution is 0.239. The van der Waals surface area contributed by atoms with E-state index in [2.05, 4.69) is 44.4 Å². The summed E-state index contributed by atoms with van der Waals surface area (Å²) < 4.78 is 7.27. The molecule has 0 radical (unpaired) electrons. The zero-order chi connectivity index (χ0) is 21.9. The van der Waals surface area contributed by atoms with Gasteiger partial charge in [-0.1, -0.05) is 17.7 Å². The van der Waals surface area contributed by atoms with E-state index in [4.69, 9.17) is 16.3 Å². The van der Waals surface area contributed by atoms with Crippen molar-refractivity contribution in [2.75, 3.05) is 44.2 Å². The second-order valence-electron chi connectivity index (χ2n) is 8.19. The number of nitrogens with zero attached hydrogens (tertiary/aromatic N) is 2. The summed E-state index contributed by atoms with van der Waals surface area (Å²) in [6.07, 6.45) is 2.05. The normalized spacial score (nSPS) is 15.0. The molecule has 3 heterocycles. The van der Waals surface area contributed by atoms with Gasteiger partial charge in [0.1, 0.15) is 5.75 Å². The minimum Gasteiger partial charge on any atom is -0.492 e. The van der Waals surface area contributed by atoms with Gasteiger partial charge in [-0.05, 0) is 60.5 Å². The van der Waals surface area contributed by atoms with Crippen LogP contribution in [0.5, 0.6) is 5.75 Å². The van der Waals surface area contributed by atoms with Crippen molar-refractivity contribution in [3.63, 3.8) is 0 Å². The smallest absolute Gasteiger partial charge is 0.248 e. The number of pyridine rings is 1. The van der Waals surface area contributed by atoms with E-state index in [0.717, 1.165) is 56.5 Å². The Kier molecular flexibility index (Phi) is 6.35. The first-order valence-corrected chi connectivity index (χ1v) is 12.3. The number of thiophene rings is 1. The van der Waals surface area contributed by atoms with Crippen molar-refractivity contribution >= 4 is 49.6 Å². The molecule has 1 fully saturated rings. The molecule has 32 heavy (non-hydrogen) atoms. The summed E-state index contributed by atoms with van der Waals surface area (Å²) in [4.78, 5) is 19.4. The fourth-order valence-corrected chi connectivity index (χ4v) is 5.39. The van der Waals surface area contributed by atoms with Gasteiger partial charge in [-0.25, -0.2) is 0 Å². The monoisotopic (exact) mass is 467 g/mol. The number of rotatable bonds is 7. The summed E-state index contributed by atoms with van der Waals surface area (Å²) in [5.41, 5.74) is 1.98. The molecular formula is C25H26ClN3O2S. The van der Waals surface area contributed by atoms with Crippen molar-refractivity contribution in [1.82, 2.24) is 9.88 Å². The van der Waals surface area contributed by atoms with E-state index in [1.807, 2.05) is 23.5 Å². The Labute approximate surface area is 196 Å². The Morgan fingerprint density at radius 1 is 1.03 bits per heavy atom. The van der Waals surface area contributed by atoms with Gasteiger partial charge >= 0.3 is 0 Å². The lowest BCUT2D eigenvalue weighted by Crippen LogP contribution is -2.46. The van der Waals surface area contributed by atoms with Gasteiger partial charge in [-0.2, -0.15) is 0 Å². The molecule has 1 aliphatic heterocycles. The first-order valence-electron chi connectivity index (χ1n) is 11.1. The minimum absolute atomic E-state index is 0.127. The van der Waals surface area contributed by atoms with Crippen molar-refractivity contribution < 1.29 is 4.74 Å². The van der Waals surface area contributed by atoms with E-state index < -0.39 is 0 Å². The van der Waals surface area contributed by atoms with Crippen molar-refractivity contribution in [1.29, 1.82) is 0 Å². The number of benzene rings is 2. The van der Waals surface area contributed by atoms with E-state index in [1.165, 1.54) is 21.8 Å². The highest BCUT2D eigenvalue weighted by Crippen LogP contribution is 2.31. The van der Waals surface area contributed by atoms with Crippen LogP contribution in [0.4, 0.5) is 5.69 Å². The zero-order valence-corrected chi connectivity index (χ0v) is 19.4. The first kappa shape index (κ1) is 21.3. The number of hydrogen-bond donors (Lipinski definition) is 1. The number of unbranched alkanes of at least 4 members (excludes halogenated alkanes) is 1. The fraction of sp³-hybridized carbons (Fsp3) is 0.320. The number of piperazine rings is 1. The molecule has 0 spiro atoms. The highest BCUT2D eigenvalue weighted by Gasteiger charge is 2.18. The molecule has 0 aliphatic carbocycles. The SMILES string of the molecule is O=c1ccc2cc(Cl)c(OCCCCN3CCN(c4cccc5sccc45)CC3)cc2[nH]1. The number of H-pyrrole nitrogens is 1. The minimum atomic E-state index is -0.127. The van der Waals surface area contributed by atoms with Crippen molar-refractivity contribution in [3.8, 4) is 5.75 Å². The van der Waals surface area contributed by atoms with Crippen LogP contribution < -0.4 is 15.2 Å². The van der Waals surface area contributed by atoms with Crippen LogP contribution in [-0.4, -0.2) is 49.2 Å². The lowest BCUT2D eigenvalue weighted by atomic mass is 10.2. The van der Waals surface area contributed by atoms with Crippen molar-refractivity contribution in [3.05, 3.63) is 69.3 Å². The highest BCUT2D eigenvalue weighted by atomic mass is 35.5. The Morgan fingerprint density at radius 2 is 1.91 bits per heavy atom. The summed E-state index contributed by atoms with van der Waals surface area (Å²) >= 11 is 8.15. The molecule has 5 nitrogen and oxygen atoms in total.